The molecule has 2 fully saturated rings. The van der Waals surface area contributed by atoms with Crippen LogP contribution in [0.4, 0.5) is 0 Å². The van der Waals surface area contributed by atoms with Crippen LogP contribution in [0.25, 0.3) is 0 Å². The summed E-state index contributed by atoms with van der Waals surface area (Å²) in [5, 5.41) is 0. The number of thiocarbonyl (C=S) groups is 2. The average molecular weight is 653 g/mol. The van der Waals surface area contributed by atoms with Crippen molar-refractivity contribution in [2.75, 3.05) is 92.1 Å². The molecule has 2 heterocycles. The molecule has 0 bridgehead atoms. The van der Waals surface area contributed by atoms with E-state index in [0.717, 1.165) is 43.8 Å². The fraction of sp³-hybridized carbons (Fsp3) is 0.909. The number of likely N-dealkylation sites (N-methyl/N-ethyl adjacent to an activating group) is 2. The van der Waals surface area contributed by atoms with Gasteiger partial charge in [-0.2, -0.15) is 0 Å². The van der Waals surface area contributed by atoms with Crippen LogP contribution in [-0.2, 0) is 0 Å². The molecule has 0 aromatic rings. The lowest BCUT2D eigenvalue weighted by atomic mass is 10.1. The Hall–Kier alpha value is 1.36. The van der Waals surface area contributed by atoms with Gasteiger partial charge in [-0.3, -0.25) is 0 Å². The molecular weight excluding hydrogens is 608 g/mol. The summed E-state index contributed by atoms with van der Waals surface area (Å²) in [6.07, 6.45) is 7.99. The fourth-order valence-corrected chi connectivity index (χ4v) is 6.43. The number of quaternary nitrogens is 2. The van der Waals surface area contributed by atoms with Gasteiger partial charge in [0.1, 0.15) is 8.64 Å². The van der Waals surface area contributed by atoms with E-state index in [1.807, 2.05) is 23.5 Å². The van der Waals surface area contributed by atoms with Gasteiger partial charge in [0.25, 0.3) is 0 Å². The van der Waals surface area contributed by atoms with E-state index in [2.05, 4.69) is 38.0 Å². The van der Waals surface area contributed by atoms with E-state index in [1.54, 1.807) is 0 Å². The quantitative estimate of drug-likeness (QED) is 0.163. The molecule has 10 heteroatoms. The first-order valence-corrected chi connectivity index (χ1v) is 14.4. The Balaban J connectivity index is 0.00000480. The van der Waals surface area contributed by atoms with Crippen molar-refractivity contribution in [2.45, 2.75) is 38.5 Å². The van der Waals surface area contributed by atoms with Crippen molar-refractivity contribution < 1.29 is 42.9 Å². The summed E-state index contributed by atoms with van der Waals surface area (Å²) in [6.45, 7) is 9.31. The standard InChI is InChI=1S/C22H44N4S4.2BrH/c1-25(2)15-11-23(12-16-25)21(27)29-19-9-7-5-6-8-10-20-30-22(28)24-13-17-26(3,4)18-14-24;;/h5-20H2,1-4H3;2*1H/q+2;;/p-2. The lowest BCUT2D eigenvalue weighted by Crippen LogP contribution is -3.00. The molecule has 2 aliphatic rings. The van der Waals surface area contributed by atoms with E-state index < -0.39 is 0 Å². The number of nitrogens with zero attached hydrogens (tertiary/aromatic N) is 4. The number of piperazine rings is 2. The molecule has 0 unspecified atom stereocenters. The minimum absolute atomic E-state index is 0. The first kappa shape index (κ1) is 33.4. The molecule has 0 aromatic heterocycles. The summed E-state index contributed by atoms with van der Waals surface area (Å²) < 4.78 is 4.51. The third kappa shape index (κ3) is 13.4. The zero-order chi connectivity index (χ0) is 22.0. The topological polar surface area (TPSA) is 6.48 Å². The Morgan fingerprint density at radius 2 is 0.875 bits per heavy atom. The molecule has 32 heavy (non-hydrogen) atoms. The third-order valence-corrected chi connectivity index (χ3v) is 9.63. The zero-order valence-corrected chi connectivity index (χ0v) is 26.9. The third-order valence-electron chi connectivity index (χ3n) is 6.41. The second kappa shape index (κ2) is 16.9. The van der Waals surface area contributed by atoms with Crippen LogP contribution in [0.1, 0.15) is 38.5 Å². The van der Waals surface area contributed by atoms with Gasteiger partial charge in [-0.15, -0.1) is 0 Å². The van der Waals surface area contributed by atoms with Crippen molar-refractivity contribution in [2.24, 2.45) is 0 Å². The van der Waals surface area contributed by atoms with Gasteiger partial charge >= 0.3 is 0 Å². The van der Waals surface area contributed by atoms with E-state index >= 15 is 0 Å². The Bertz CT molecular complexity index is 496. The van der Waals surface area contributed by atoms with Crippen molar-refractivity contribution in [1.82, 2.24) is 9.80 Å². The van der Waals surface area contributed by atoms with Crippen LogP contribution in [0, 0.1) is 0 Å². The van der Waals surface area contributed by atoms with E-state index in [4.69, 9.17) is 24.4 Å². The highest BCUT2D eigenvalue weighted by Gasteiger charge is 2.26. The predicted octanol–water partition coefficient (Wildman–Crippen LogP) is -1.84. The molecule has 0 aromatic carbocycles. The monoisotopic (exact) mass is 650 g/mol. The van der Waals surface area contributed by atoms with Gasteiger partial charge in [0.2, 0.25) is 0 Å². The van der Waals surface area contributed by atoms with Crippen LogP contribution < -0.4 is 34.0 Å². The molecule has 0 N–H and O–H groups in total. The predicted molar refractivity (Wildman–Crippen MR) is 145 cm³/mol. The number of hydrogen-bond donors (Lipinski definition) is 0. The largest absolute Gasteiger partial charge is 1.00 e. The average Bonchev–Trinajstić information content (AvgIpc) is 2.69. The highest BCUT2D eigenvalue weighted by Crippen LogP contribution is 2.19. The Morgan fingerprint density at radius 3 is 1.19 bits per heavy atom. The first-order valence-electron chi connectivity index (χ1n) is 11.7. The SMILES string of the molecule is C[N+]1(C)CCN(C(=S)SCCCCCCCCSC(=S)N2CC[N+](C)(C)CC2)CC1.[Br-].[Br-]. The number of unbranched alkanes of at least 4 members (excludes halogenated alkanes) is 5. The maximum Gasteiger partial charge on any atom is 0.136 e. The second-order valence-corrected chi connectivity index (χ2v) is 13.5. The van der Waals surface area contributed by atoms with Gasteiger partial charge < -0.3 is 52.7 Å². The summed E-state index contributed by atoms with van der Waals surface area (Å²) in [6, 6.07) is 0. The summed E-state index contributed by atoms with van der Waals surface area (Å²) in [5.41, 5.74) is 0. The van der Waals surface area contributed by atoms with E-state index in [1.165, 1.54) is 76.2 Å². The maximum absolute atomic E-state index is 5.64. The molecule has 190 valence electrons. The number of rotatable bonds is 9. The van der Waals surface area contributed by atoms with Gasteiger partial charge in [-0.05, 0) is 12.8 Å². The van der Waals surface area contributed by atoms with Gasteiger partial charge in [0.15, 0.2) is 0 Å². The molecule has 0 spiro atoms. The summed E-state index contributed by atoms with van der Waals surface area (Å²) in [7, 11) is 9.26. The summed E-state index contributed by atoms with van der Waals surface area (Å²) in [5.74, 6) is 2.37. The van der Waals surface area contributed by atoms with Crippen molar-refractivity contribution in [3.63, 3.8) is 0 Å². The van der Waals surface area contributed by atoms with Crippen LogP contribution in [-0.4, -0.2) is 119 Å². The molecule has 0 amide bonds. The number of halogens is 2. The second-order valence-electron chi connectivity index (χ2n) is 10.1. The molecule has 2 saturated heterocycles. The molecule has 2 rings (SSSR count). The molecule has 0 atom stereocenters. The van der Waals surface area contributed by atoms with Crippen molar-refractivity contribution >= 4 is 56.6 Å². The maximum atomic E-state index is 5.64. The first-order chi connectivity index (χ1) is 14.2. The summed E-state index contributed by atoms with van der Waals surface area (Å²) in [4.78, 5) is 4.82. The van der Waals surface area contributed by atoms with Gasteiger partial charge in [-0.25, -0.2) is 0 Å². The normalized spacial score (nSPS) is 19.6. The van der Waals surface area contributed by atoms with E-state index in [-0.39, 0.29) is 34.0 Å². The van der Waals surface area contributed by atoms with Gasteiger partial charge in [0, 0.05) is 11.5 Å². The van der Waals surface area contributed by atoms with E-state index in [9.17, 15) is 0 Å². The minimum atomic E-state index is 0. The van der Waals surface area contributed by atoms with Crippen LogP contribution in [0.5, 0.6) is 0 Å². The highest BCUT2D eigenvalue weighted by atomic mass is 79.9. The molecule has 0 radical (unpaired) electrons. The summed E-state index contributed by atoms with van der Waals surface area (Å²) >= 11 is 15.1. The van der Waals surface area contributed by atoms with Gasteiger partial charge in [-0.1, -0.05) is 73.6 Å². The number of hydrogen-bond acceptors (Lipinski definition) is 4. The van der Waals surface area contributed by atoms with Crippen LogP contribution in [0.2, 0.25) is 0 Å². The Kier molecular flexibility index (Phi) is 17.6. The molecule has 2 aliphatic heterocycles. The van der Waals surface area contributed by atoms with E-state index in [0.29, 0.717) is 0 Å². The Labute approximate surface area is 238 Å². The van der Waals surface area contributed by atoms with Crippen molar-refractivity contribution in [1.29, 1.82) is 0 Å². The lowest BCUT2D eigenvalue weighted by molar-refractivity contribution is -0.893. The van der Waals surface area contributed by atoms with Crippen molar-refractivity contribution in [3.05, 3.63) is 0 Å². The molecule has 4 nitrogen and oxygen atoms in total. The molecule has 0 saturated carbocycles. The zero-order valence-electron chi connectivity index (χ0n) is 20.5. The van der Waals surface area contributed by atoms with Crippen molar-refractivity contribution in [3.8, 4) is 0 Å². The Morgan fingerprint density at radius 1 is 0.594 bits per heavy atom. The molecule has 0 aliphatic carbocycles. The van der Waals surface area contributed by atoms with Crippen LogP contribution in [0.15, 0.2) is 0 Å². The van der Waals surface area contributed by atoms with Gasteiger partial charge in [0.05, 0.1) is 80.5 Å². The minimum Gasteiger partial charge on any atom is -1.00 e. The van der Waals surface area contributed by atoms with Crippen LogP contribution >= 0.6 is 48.0 Å². The smallest absolute Gasteiger partial charge is 0.136 e. The number of thioether (sulfide) groups is 2. The molecular formula is C22H44Br2N4S4. The fourth-order valence-electron chi connectivity index (χ4n) is 3.79. The highest BCUT2D eigenvalue weighted by molar-refractivity contribution is 8.23. The van der Waals surface area contributed by atoms with Crippen LogP contribution in [0.3, 0.4) is 0 Å². The lowest BCUT2D eigenvalue weighted by Gasteiger charge is -2.39.